The van der Waals surface area contributed by atoms with Gasteiger partial charge in [-0.2, -0.15) is 0 Å². The Labute approximate surface area is 151 Å². The Morgan fingerprint density at radius 2 is 1.84 bits per heavy atom. The second-order valence-corrected chi connectivity index (χ2v) is 6.92. The van der Waals surface area contributed by atoms with Crippen molar-refractivity contribution in [3.8, 4) is 0 Å². The van der Waals surface area contributed by atoms with E-state index >= 15 is 0 Å². The average molecular weight is 361 g/mol. The van der Waals surface area contributed by atoms with E-state index in [0.29, 0.717) is 5.56 Å². The number of amides is 1. The van der Waals surface area contributed by atoms with E-state index in [1.54, 1.807) is 6.07 Å². The molecule has 2 unspecified atom stereocenters. The van der Waals surface area contributed by atoms with Crippen LogP contribution in [0, 0.1) is 0 Å². The molecule has 0 bridgehead atoms. The Morgan fingerprint density at radius 1 is 1.08 bits per heavy atom. The highest BCUT2D eigenvalue weighted by Crippen LogP contribution is 2.25. The van der Waals surface area contributed by atoms with Gasteiger partial charge in [-0.1, -0.05) is 23.7 Å². The predicted molar refractivity (Wildman–Crippen MR) is 95.1 cm³/mol. The summed E-state index contributed by atoms with van der Waals surface area (Å²) in [6, 6.07) is 9.96. The lowest BCUT2D eigenvalue weighted by Crippen LogP contribution is -2.55. The first-order chi connectivity index (χ1) is 12.2. The zero-order valence-corrected chi connectivity index (χ0v) is 14.6. The zero-order valence-electron chi connectivity index (χ0n) is 13.8. The molecule has 1 aromatic carbocycles. The first kappa shape index (κ1) is 16.6. The summed E-state index contributed by atoms with van der Waals surface area (Å²) < 4.78 is 5.01. The highest BCUT2D eigenvalue weighted by molar-refractivity contribution is 6.30. The molecule has 4 rings (SSSR count). The van der Waals surface area contributed by atoms with E-state index < -0.39 is 0 Å². The molecule has 3 heterocycles. The Bertz CT molecular complexity index is 711. The van der Waals surface area contributed by atoms with Gasteiger partial charge in [-0.15, -0.1) is 0 Å². The van der Waals surface area contributed by atoms with Crippen molar-refractivity contribution in [2.24, 2.45) is 0 Å². The predicted octanol–water partition coefficient (Wildman–Crippen LogP) is 2.26. The molecule has 6 nitrogen and oxygen atoms in total. The van der Waals surface area contributed by atoms with Crippen molar-refractivity contribution in [2.75, 3.05) is 26.2 Å². The van der Waals surface area contributed by atoms with Gasteiger partial charge in [-0.25, -0.2) is 10.9 Å². The summed E-state index contributed by atoms with van der Waals surface area (Å²) in [4.78, 5) is 16.6. The fourth-order valence-corrected chi connectivity index (χ4v) is 3.62. The van der Waals surface area contributed by atoms with Crippen molar-refractivity contribution < 1.29 is 9.21 Å². The maximum atomic E-state index is 12.4. The summed E-state index contributed by atoms with van der Waals surface area (Å²) in [6.45, 7) is 3.17. The molecule has 132 valence electrons. The van der Waals surface area contributed by atoms with Crippen LogP contribution in [0.25, 0.3) is 0 Å². The minimum absolute atomic E-state index is 0.0462. The van der Waals surface area contributed by atoms with Gasteiger partial charge in [0.15, 0.2) is 0 Å². The maximum absolute atomic E-state index is 12.4. The molecule has 0 radical (unpaired) electrons. The molecule has 2 N–H and O–H groups in total. The number of nitrogens with one attached hydrogen (secondary N) is 2. The Hall–Kier alpha value is -1.86. The van der Waals surface area contributed by atoms with Crippen LogP contribution < -0.4 is 10.9 Å². The van der Waals surface area contributed by atoms with Crippen molar-refractivity contribution in [3.63, 3.8) is 0 Å². The van der Waals surface area contributed by atoms with Gasteiger partial charge in [0.2, 0.25) is 0 Å². The summed E-state index contributed by atoms with van der Waals surface area (Å²) in [5, 5.41) is 0.754. The first-order valence-corrected chi connectivity index (χ1v) is 8.90. The third-order valence-electron chi connectivity index (χ3n) is 4.97. The number of carbonyl (C=O) groups excluding carboxylic acids is 1. The molecule has 2 aliphatic heterocycles. The number of nitrogens with zero attached hydrogens (tertiary/aromatic N) is 2. The van der Waals surface area contributed by atoms with Crippen LogP contribution in [0.3, 0.4) is 0 Å². The van der Waals surface area contributed by atoms with Crippen LogP contribution >= 0.6 is 11.6 Å². The Morgan fingerprint density at radius 3 is 2.52 bits per heavy atom. The minimum atomic E-state index is 0.0462. The van der Waals surface area contributed by atoms with E-state index in [-0.39, 0.29) is 18.1 Å². The number of hydrogen-bond donors (Lipinski definition) is 2. The number of furan rings is 1. The van der Waals surface area contributed by atoms with Gasteiger partial charge in [-0.3, -0.25) is 9.69 Å². The van der Waals surface area contributed by atoms with Crippen LogP contribution in [-0.2, 0) is 0 Å². The van der Waals surface area contributed by atoms with Gasteiger partial charge in [0.05, 0.1) is 18.0 Å². The summed E-state index contributed by atoms with van der Waals surface area (Å²) in [5.41, 5.74) is 8.61. The van der Waals surface area contributed by atoms with Crippen molar-refractivity contribution in [3.05, 3.63) is 59.0 Å². The van der Waals surface area contributed by atoms with Crippen LogP contribution in [0.4, 0.5) is 0 Å². The summed E-state index contributed by atoms with van der Waals surface area (Å²) in [6.07, 6.45) is 4.30. The van der Waals surface area contributed by atoms with Gasteiger partial charge in [-0.05, 0) is 30.2 Å². The van der Waals surface area contributed by atoms with Crippen molar-refractivity contribution in [1.29, 1.82) is 0 Å². The fourth-order valence-electron chi connectivity index (χ4n) is 3.50. The lowest BCUT2D eigenvalue weighted by Gasteiger charge is -2.37. The van der Waals surface area contributed by atoms with Crippen molar-refractivity contribution in [2.45, 2.75) is 18.6 Å². The average Bonchev–Trinajstić information content (AvgIpc) is 3.34. The number of halogens is 1. The molecule has 2 aromatic rings. The fraction of sp³-hybridized carbons (Fsp3) is 0.389. The van der Waals surface area contributed by atoms with Crippen LogP contribution in [0.15, 0.2) is 47.3 Å². The molecule has 2 saturated heterocycles. The van der Waals surface area contributed by atoms with E-state index in [0.717, 1.165) is 37.6 Å². The molecular weight excluding hydrogens is 340 g/mol. The van der Waals surface area contributed by atoms with Gasteiger partial charge in [0.25, 0.3) is 5.91 Å². The number of hydrogen-bond acceptors (Lipinski definition) is 5. The lowest BCUT2D eigenvalue weighted by atomic mass is 10.0. The minimum Gasteiger partial charge on any atom is -0.472 e. The molecule has 25 heavy (non-hydrogen) atoms. The molecule has 1 amide bonds. The molecule has 2 aliphatic rings. The van der Waals surface area contributed by atoms with Crippen LogP contribution in [0.2, 0.25) is 5.02 Å². The number of piperazine rings is 1. The molecule has 2 atom stereocenters. The number of hydrazine groups is 1. The quantitative estimate of drug-likeness (QED) is 0.879. The second-order valence-electron chi connectivity index (χ2n) is 6.48. The Kier molecular flexibility index (Phi) is 4.76. The monoisotopic (exact) mass is 360 g/mol. The molecule has 0 spiro atoms. The third-order valence-corrected chi connectivity index (χ3v) is 5.22. The van der Waals surface area contributed by atoms with Gasteiger partial charge in [0, 0.05) is 37.2 Å². The van der Waals surface area contributed by atoms with Gasteiger partial charge in [0.1, 0.15) is 6.26 Å². The van der Waals surface area contributed by atoms with Crippen LogP contribution in [0.1, 0.15) is 28.4 Å². The molecule has 2 fully saturated rings. The maximum Gasteiger partial charge on any atom is 0.257 e. The van der Waals surface area contributed by atoms with Gasteiger partial charge < -0.3 is 9.32 Å². The number of benzene rings is 1. The van der Waals surface area contributed by atoms with E-state index in [2.05, 4.69) is 27.9 Å². The lowest BCUT2D eigenvalue weighted by molar-refractivity contribution is 0.0544. The summed E-state index contributed by atoms with van der Waals surface area (Å²) in [7, 11) is 0. The molecular formula is C18H21ClN4O2. The molecule has 1 aromatic heterocycles. The first-order valence-electron chi connectivity index (χ1n) is 8.53. The summed E-state index contributed by atoms with van der Waals surface area (Å²) >= 11 is 5.96. The number of rotatable bonds is 3. The van der Waals surface area contributed by atoms with E-state index in [1.165, 1.54) is 18.1 Å². The van der Waals surface area contributed by atoms with Crippen LogP contribution in [-0.4, -0.2) is 48.1 Å². The third kappa shape index (κ3) is 3.57. The van der Waals surface area contributed by atoms with E-state index in [1.807, 2.05) is 17.0 Å². The van der Waals surface area contributed by atoms with Crippen LogP contribution in [0.5, 0.6) is 0 Å². The largest absolute Gasteiger partial charge is 0.472 e. The number of carbonyl (C=O) groups is 1. The zero-order chi connectivity index (χ0) is 17.2. The molecule has 0 saturated carbocycles. The van der Waals surface area contributed by atoms with Crippen molar-refractivity contribution in [1.82, 2.24) is 20.7 Å². The normalized spacial score (nSPS) is 24.6. The smallest absolute Gasteiger partial charge is 0.257 e. The highest BCUT2D eigenvalue weighted by Gasteiger charge is 2.32. The van der Waals surface area contributed by atoms with E-state index in [4.69, 9.17) is 16.0 Å². The topological polar surface area (TPSA) is 60.8 Å². The van der Waals surface area contributed by atoms with E-state index in [9.17, 15) is 4.79 Å². The van der Waals surface area contributed by atoms with Gasteiger partial charge >= 0.3 is 0 Å². The SMILES string of the molecule is O=C(c1ccoc1)N1CCN(C2CC(c3ccc(Cl)cc3)NN2)CC1. The standard InChI is InChI=1S/C18H21ClN4O2/c19-15-3-1-13(2-4-15)16-11-17(21-20-16)22-6-8-23(9-7-22)18(24)14-5-10-25-12-14/h1-5,10,12,16-17,20-21H,6-9,11H2. The Balaban J connectivity index is 1.31. The molecule has 0 aliphatic carbocycles. The summed E-state index contributed by atoms with van der Waals surface area (Å²) in [5.74, 6) is 0.0462. The second kappa shape index (κ2) is 7.17. The highest BCUT2D eigenvalue weighted by atomic mass is 35.5. The van der Waals surface area contributed by atoms with Crippen molar-refractivity contribution >= 4 is 17.5 Å². The molecule has 7 heteroatoms.